The number of ether oxygens (including phenoxy) is 2. The summed E-state index contributed by atoms with van der Waals surface area (Å²) in [6.07, 6.45) is 0.281. The van der Waals surface area contributed by atoms with Gasteiger partial charge in [-0.1, -0.05) is 0 Å². The maximum Gasteiger partial charge on any atom is 0.251 e. The molecule has 0 fully saturated rings. The van der Waals surface area contributed by atoms with Gasteiger partial charge in [0.05, 0.1) is 0 Å². The van der Waals surface area contributed by atoms with Crippen LogP contribution < -0.4 is 14.8 Å². The molecule has 0 aliphatic carbocycles. The second-order valence-electron chi connectivity index (χ2n) is 4.36. The van der Waals surface area contributed by atoms with E-state index in [0.717, 1.165) is 0 Å². The molecule has 1 aliphatic rings. The van der Waals surface area contributed by atoms with Crippen LogP contribution in [0.2, 0.25) is 0 Å². The zero-order valence-electron chi connectivity index (χ0n) is 10.9. The maximum absolute atomic E-state index is 11.9. The Balaban J connectivity index is 1.88. The number of rotatable bonds is 4. The number of fused-ring (bicyclic) bond motifs is 1. The minimum Gasteiger partial charge on any atom is -0.454 e. The molecule has 0 saturated carbocycles. The number of carbonyl (C=O) groups is 2. The Labute approximate surface area is 111 Å². The van der Waals surface area contributed by atoms with E-state index < -0.39 is 0 Å². The van der Waals surface area contributed by atoms with Crippen LogP contribution in [0.25, 0.3) is 0 Å². The molecule has 1 aromatic rings. The topological polar surface area (TPSA) is 67.9 Å². The molecule has 19 heavy (non-hydrogen) atoms. The first kappa shape index (κ1) is 13.2. The molecule has 0 radical (unpaired) electrons. The molecule has 1 N–H and O–H groups in total. The molecule has 0 saturated heterocycles. The maximum atomic E-state index is 11.9. The lowest BCUT2D eigenvalue weighted by Gasteiger charge is -2.10. The second-order valence-corrected chi connectivity index (χ2v) is 4.36. The van der Waals surface area contributed by atoms with Crippen molar-refractivity contribution in [3.8, 4) is 11.5 Å². The van der Waals surface area contributed by atoms with Crippen LogP contribution >= 0.6 is 0 Å². The number of carbonyl (C=O) groups excluding carboxylic acids is 2. The first-order valence-corrected chi connectivity index (χ1v) is 5.96. The van der Waals surface area contributed by atoms with Crippen molar-refractivity contribution in [3.63, 3.8) is 0 Å². The average Bonchev–Trinajstić information content (AvgIpc) is 2.85. The fourth-order valence-electron chi connectivity index (χ4n) is 1.65. The van der Waals surface area contributed by atoms with E-state index in [1.807, 2.05) is 0 Å². The zero-order chi connectivity index (χ0) is 13.8. The second kappa shape index (κ2) is 5.60. The number of benzene rings is 1. The zero-order valence-corrected chi connectivity index (χ0v) is 10.9. The summed E-state index contributed by atoms with van der Waals surface area (Å²) in [4.78, 5) is 24.7. The van der Waals surface area contributed by atoms with Gasteiger partial charge >= 0.3 is 0 Å². The van der Waals surface area contributed by atoms with Crippen LogP contribution in [0.4, 0.5) is 0 Å². The largest absolute Gasteiger partial charge is 0.454 e. The summed E-state index contributed by atoms with van der Waals surface area (Å²) in [5.74, 6) is 0.951. The van der Waals surface area contributed by atoms with Crippen LogP contribution in [0.5, 0.6) is 11.5 Å². The van der Waals surface area contributed by atoms with Crippen LogP contribution in [-0.2, 0) is 4.79 Å². The predicted octanol–water partition coefficient (Wildman–Crippen LogP) is 0.623. The van der Waals surface area contributed by atoms with Crippen molar-refractivity contribution in [3.05, 3.63) is 23.8 Å². The Bertz CT molecular complexity index is 499. The minimum atomic E-state index is -0.232. The SMILES string of the molecule is CN(C)C(=O)CCNC(=O)c1ccc2c(c1)OCO2. The highest BCUT2D eigenvalue weighted by Crippen LogP contribution is 2.32. The molecular formula is C13H16N2O4. The van der Waals surface area contributed by atoms with Gasteiger partial charge in [0.1, 0.15) is 0 Å². The fourth-order valence-corrected chi connectivity index (χ4v) is 1.65. The molecule has 0 bridgehead atoms. The van der Waals surface area contributed by atoms with E-state index in [1.54, 1.807) is 32.3 Å². The Morgan fingerprint density at radius 3 is 2.74 bits per heavy atom. The van der Waals surface area contributed by atoms with E-state index in [2.05, 4.69) is 5.32 Å². The summed E-state index contributed by atoms with van der Waals surface area (Å²) in [7, 11) is 3.37. The Hall–Kier alpha value is -2.24. The van der Waals surface area contributed by atoms with Gasteiger partial charge in [-0.25, -0.2) is 0 Å². The van der Waals surface area contributed by atoms with Crippen molar-refractivity contribution in [1.82, 2.24) is 10.2 Å². The molecule has 0 aromatic heterocycles. The molecule has 6 nitrogen and oxygen atoms in total. The predicted molar refractivity (Wildman–Crippen MR) is 68.2 cm³/mol. The third-order valence-corrected chi connectivity index (χ3v) is 2.76. The lowest BCUT2D eigenvalue weighted by atomic mass is 10.2. The van der Waals surface area contributed by atoms with E-state index >= 15 is 0 Å². The van der Waals surface area contributed by atoms with Gasteiger partial charge < -0.3 is 19.7 Å². The van der Waals surface area contributed by atoms with Gasteiger partial charge in [0, 0.05) is 32.6 Å². The molecule has 102 valence electrons. The van der Waals surface area contributed by atoms with Crippen LogP contribution in [0.3, 0.4) is 0 Å². The summed E-state index contributed by atoms with van der Waals surface area (Å²) in [6.45, 7) is 0.488. The smallest absolute Gasteiger partial charge is 0.251 e. The van der Waals surface area contributed by atoms with Crippen molar-refractivity contribution in [2.24, 2.45) is 0 Å². The van der Waals surface area contributed by atoms with Crippen molar-refractivity contribution >= 4 is 11.8 Å². The van der Waals surface area contributed by atoms with Gasteiger partial charge in [-0.3, -0.25) is 9.59 Å². The molecule has 2 rings (SSSR count). The van der Waals surface area contributed by atoms with Crippen molar-refractivity contribution in [2.45, 2.75) is 6.42 Å². The molecule has 2 amide bonds. The van der Waals surface area contributed by atoms with Gasteiger partial charge in [0.15, 0.2) is 11.5 Å². The van der Waals surface area contributed by atoms with Crippen LogP contribution in [0, 0.1) is 0 Å². The highest BCUT2D eigenvalue weighted by Gasteiger charge is 2.16. The van der Waals surface area contributed by atoms with E-state index in [1.165, 1.54) is 4.90 Å². The van der Waals surface area contributed by atoms with E-state index in [0.29, 0.717) is 23.6 Å². The number of amides is 2. The van der Waals surface area contributed by atoms with Crippen LogP contribution in [-0.4, -0.2) is 44.1 Å². The summed E-state index contributed by atoms with van der Waals surface area (Å²) in [5, 5.41) is 2.69. The molecule has 6 heteroatoms. The van der Waals surface area contributed by atoms with E-state index in [4.69, 9.17) is 9.47 Å². The Morgan fingerprint density at radius 2 is 2.00 bits per heavy atom. The molecule has 1 heterocycles. The summed E-state index contributed by atoms with van der Waals surface area (Å²) in [6, 6.07) is 4.99. The third kappa shape index (κ3) is 3.15. The third-order valence-electron chi connectivity index (χ3n) is 2.76. The standard InChI is InChI=1S/C13H16N2O4/c1-15(2)12(16)5-6-14-13(17)9-3-4-10-11(7-9)19-8-18-10/h3-4,7H,5-6,8H2,1-2H3,(H,14,17). The van der Waals surface area contributed by atoms with Gasteiger partial charge in [0.2, 0.25) is 12.7 Å². The highest BCUT2D eigenvalue weighted by molar-refractivity contribution is 5.95. The lowest BCUT2D eigenvalue weighted by molar-refractivity contribution is -0.128. The number of nitrogens with one attached hydrogen (secondary N) is 1. The first-order chi connectivity index (χ1) is 9.08. The Kier molecular flexibility index (Phi) is 3.89. The number of hydrogen-bond donors (Lipinski definition) is 1. The van der Waals surface area contributed by atoms with Crippen LogP contribution in [0.1, 0.15) is 16.8 Å². The number of hydrogen-bond acceptors (Lipinski definition) is 4. The summed E-state index contributed by atoms with van der Waals surface area (Å²) >= 11 is 0. The minimum absolute atomic E-state index is 0.0222. The van der Waals surface area contributed by atoms with E-state index in [-0.39, 0.29) is 25.0 Å². The molecule has 1 aromatic carbocycles. The van der Waals surface area contributed by atoms with Crippen molar-refractivity contribution in [1.29, 1.82) is 0 Å². The van der Waals surface area contributed by atoms with Gasteiger partial charge in [-0.2, -0.15) is 0 Å². The summed E-state index contributed by atoms with van der Waals surface area (Å²) < 4.78 is 10.4. The van der Waals surface area contributed by atoms with E-state index in [9.17, 15) is 9.59 Å². The average molecular weight is 264 g/mol. The van der Waals surface area contributed by atoms with Crippen molar-refractivity contribution < 1.29 is 19.1 Å². The Morgan fingerprint density at radius 1 is 1.26 bits per heavy atom. The molecule has 0 unspecified atom stereocenters. The van der Waals surface area contributed by atoms with Gasteiger partial charge in [-0.15, -0.1) is 0 Å². The fraction of sp³-hybridized carbons (Fsp3) is 0.385. The summed E-state index contributed by atoms with van der Waals surface area (Å²) in [5.41, 5.74) is 0.488. The molecule has 1 aliphatic heterocycles. The molecule has 0 atom stereocenters. The lowest BCUT2D eigenvalue weighted by Crippen LogP contribution is -2.30. The van der Waals surface area contributed by atoms with Gasteiger partial charge in [0.25, 0.3) is 5.91 Å². The monoisotopic (exact) mass is 264 g/mol. The molecular weight excluding hydrogens is 248 g/mol. The van der Waals surface area contributed by atoms with Gasteiger partial charge in [-0.05, 0) is 18.2 Å². The normalized spacial score (nSPS) is 12.1. The van der Waals surface area contributed by atoms with Crippen LogP contribution in [0.15, 0.2) is 18.2 Å². The van der Waals surface area contributed by atoms with Crippen molar-refractivity contribution in [2.75, 3.05) is 27.4 Å². The molecule has 0 spiro atoms. The number of nitrogens with zero attached hydrogens (tertiary/aromatic N) is 1. The highest BCUT2D eigenvalue weighted by atomic mass is 16.7. The first-order valence-electron chi connectivity index (χ1n) is 5.96. The quantitative estimate of drug-likeness (QED) is 0.865.